The van der Waals surface area contributed by atoms with Gasteiger partial charge in [-0.15, -0.1) is 0 Å². The molecule has 9 nitrogen and oxygen atoms in total. The maximum absolute atomic E-state index is 9.26. The van der Waals surface area contributed by atoms with E-state index in [0.29, 0.717) is 26.2 Å². The van der Waals surface area contributed by atoms with E-state index in [4.69, 9.17) is 0 Å². The molecule has 1 aliphatic heterocycles. The average Bonchev–Trinajstić information content (AvgIpc) is 2.57. The van der Waals surface area contributed by atoms with Crippen molar-refractivity contribution in [2.45, 2.75) is 0 Å². The summed E-state index contributed by atoms with van der Waals surface area (Å²) >= 11 is 0. The van der Waals surface area contributed by atoms with Crippen LogP contribution < -0.4 is 0 Å². The first-order valence-corrected chi connectivity index (χ1v) is 9.06. The first-order valence-electron chi connectivity index (χ1n) is 9.06. The van der Waals surface area contributed by atoms with Crippen LogP contribution in [0.25, 0.3) is 0 Å². The number of β-amino-alcohol motifs (C(OH)–C–C–N with tert-alkyl or cyclic N) is 4. The maximum Gasteiger partial charge on any atom is 3.00 e. The molecule has 0 aromatic rings. The number of nitrogens with zero attached hydrogens (tertiary/aromatic N) is 4. The molecule has 0 saturated carbocycles. The van der Waals surface area contributed by atoms with Crippen LogP contribution in [0.15, 0.2) is 0 Å². The van der Waals surface area contributed by atoms with Crippen LogP contribution in [0.4, 0.5) is 0 Å². The van der Waals surface area contributed by atoms with E-state index in [9.17, 15) is 20.4 Å². The molecule has 0 unspecified atom stereocenters. The van der Waals surface area contributed by atoms with Gasteiger partial charge >= 0.3 is 40.8 Å². The van der Waals surface area contributed by atoms with Crippen molar-refractivity contribution in [3.63, 3.8) is 0 Å². The quantitative estimate of drug-likeness (QED) is 0.245. The summed E-state index contributed by atoms with van der Waals surface area (Å²) in [4.78, 5) is 8.95. The molecule has 7 N–H and O–H groups in total. The van der Waals surface area contributed by atoms with Crippen molar-refractivity contribution < 1.29 is 66.7 Å². The molecule has 153 valence electrons. The van der Waals surface area contributed by atoms with Gasteiger partial charge in [-0.3, -0.25) is 19.6 Å². The second-order valence-corrected chi connectivity index (χ2v) is 6.26. The zero-order valence-electron chi connectivity index (χ0n) is 16.0. The van der Waals surface area contributed by atoms with Crippen molar-refractivity contribution in [1.29, 1.82) is 0 Å². The van der Waals surface area contributed by atoms with Gasteiger partial charge in [0.25, 0.3) is 0 Å². The first-order chi connectivity index (χ1) is 11.7. The number of rotatable bonds is 8. The van der Waals surface area contributed by atoms with Crippen molar-refractivity contribution in [1.82, 2.24) is 19.6 Å². The third-order valence-corrected chi connectivity index (χ3v) is 4.59. The normalized spacial score (nSPS) is 19.8. The first kappa shape index (κ1) is 29.2. The molecule has 0 spiro atoms. The molecule has 10 heteroatoms. The Morgan fingerprint density at radius 2 is 0.577 bits per heavy atom. The molecule has 1 fully saturated rings. The Bertz CT molecular complexity index is 236. The summed E-state index contributed by atoms with van der Waals surface area (Å²) in [5.41, 5.74) is 0. The predicted octanol–water partition coefficient (Wildman–Crippen LogP) is -3.74. The van der Waals surface area contributed by atoms with Crippen molar-refractivity contribution in [2.75, 3.05) is 105 Å². The van der Waals surface area contributed by atoms with Gasteiger partial charge in [0.2, 0.25) is 0 Å². The molecule has 1 heterocycles. The van der Waals surface area contributed by atoms with E-state index in [1.54, 1.807) is 0 Å². The second-order valence-electron chi connectivity index (χ2n) is 6.26. The summed E-state index contributed by atoms with van der Waals surface area (Å²) in [6.45, 7) is 10.0. The summed E-state index contributed by atoms with van der Waals surface area (Å²) < 4.78 is 0. The van der Waals surface area contributed by atoms with Gasteiger partial charge in [0, 0.05) is 78.5 Å². The Morgan fingerprint density at radius 1 is 0.423 bits per heavy atom. The molecule has 1 saturated heterocycles. The van der Waals surface area contributed by atoms with Crippen LogP contribution in [0, 0.1) is 40.8 Å². The number of aliphatic hydroxyl groups is 4. The minimum atomic E-state index is 0. The van der Waals surface area contributed by atoms with E-state index in [-0.39, 0.29) is 72.7 Å². The van der Waals surface area contributed by atoms with Gasteiger partial charge in [-0.05, 0) is 0 Å². The van der Waals surface area contributed by atoms with Crippen molar-refractivity contribution in [3.8, 4) is 0 Å². The zero-order valence-corrected chi connectivity index (χ0v) is 19.2. The van der Waals surface area contributed by atoms with Gasteiger partial charge < -0.3 is 25.9 Å². The van der Waals surface area contributed by atoms with Crippen molar-refractivity contribution in [3.05, 3.63) is 0 Å². The minimum Gasteiger partial charge on any atom is -0.457 e. The van der Waals surface area contributed by atoms with Crippen molar-refractivity contribution >= 4 is 0 Å². The number of hydrogen-bond acceptors (Lipinski definition) is 8. The van der Waals surface area contributed by atoms with Crippen LogP contribution in [0.2, 0.25) is 0 Å². The fourth-order valence-electron chi connectivity index (χ4n) is 3.04. The molecule has 0 amide bonds. The van der Waals surface area contributed by atoms with Gasteiger partial charge in [0.05, 0.1) is 26.4 Å². The minimum absolute atomic E-state index is 0. The zero-order chi connectivity index (χ0) is 17.6. The second kappa shape index (κ2) is 19.3. The van der Waals surface area contributed by atoms with Gasteiger partial charge in [0.1, 0.15) is 0 Å². The summed E-state index contributed by atoms with van der Waals surface area (Å²) in [6, 6.07) is 0. The van der Waals surface area contributed by atoms with E-state index in [0.717, 1.165) is 52.4 Å². The molecule has 1 radical (unpaired) electrons. The number of hydrogen-bond donors (Lipinski definition) is 4. The third-order valence-electron chi connectivity index (χ3n) is 4.59. The molecular weight excluding hydrogens is 472 g/mol. The van der Waals surface area contributed by atoms with Crippen molar-refractivity contribution in [2.24, 2.45) is 0 Å². The number of aliphatic hydroxyl groups excluding tert-OH is 4. The third kappa shape index (κ3) is 13.2. The SMILES string of the molecule is OCCN1CCN(CCO)CCN(CCO)CCN(CCO)CC1.[Nd+3].[OH3+]. The van der Waals surface area contributed by atoms with Crippen LogP contribution >= 0.6 is 0 Å². The van der Waals surface area contributed by atoms with Gasteiger partial charge in [-0.25, -0.2) is 0 Å². The Morgan fingerprint density at radius 3 is 0.692 bits per heavy atom. The Hall–Kier alpha value is 0.991. The Labute approximate surface area is 190 Å². The fraction of sp³-hybridized carbons (Fsp3) is 1.00. The Balaban J connectivity index is 0. The molecule has 1 rings (SSSR count). The summed E-state index contributed by atoms with van der Waals surface area (Å²) in [5, 5.41) is 37.0. The van der Waals surface area contributed by atoms with Crippen LogP contribution in [0.5, 0.6) is 0 Å². The van der Waals surface area contributed by atoms with Crippen LogP contribution in [-0.4, -0.2) is 145 Å². The smallest absolute Gasteiger partial charge is 0.457 e. The predicted molar refractivity (Wildman–Crippen MR) is 99.0 cm³/mol. The Kier molecular flexibility index (Phi) is 21.7. The summed E-state index contributed by atoms with van der Waals surface area (Å²) in [7, 11) is 0. The molecule has 0 bridgehead atoms. The molecule has 0 atom stereocenters. The molecule has 0 aromatic heterocycles. The van der Waals surface area contributed by atoms with Gasteiger partial charge in [0.15, 0.2) is 0 Å². The summed E-state index contributed by atoms with van der Waals surface area (Å²) in [5.74, 6) is 0. The van der Waals surface area contributed by atoms with E-state index in [1.807, 2.05) is 0 Å². The standard InChI is InChI=1S/C16H36N4O4.Nd.H2O/c21-13-9-17-1-2-18(10-14-22)5-6-20(12-16-24)8-7-19(4-3-17)11-15-23;;/h21-24H,1-16H2;;1H2/q;+3;/p+1. The van der Waals surface area contributed by atoms with E-state index in [2.05, 4.69) is 19.6 Å². The molecule has 1 aliphatic rings. The van der Waals surface area contributed by atoms with Gasteiger partial charge in [-0.2, -0.15) is 0 Å². The topological polar surface area (TPSA) is 127 Å². The van der Waals surface area contributed by atoms with Crippen LogP contribution in [0.1, 0.15) is 0 Å². The van der Waals surface area contributed by atoms with E-state index in [1.165, 1.54) is 0 Å². The largest absolute Gasteiger partial charge is 3.00 e. The molecular formula is C16H39N4NdO5+4. The van der Waals surface area contributed by atoms with Gasteiger partial charge in [-0.1, -0.05) is 0 Å². The maximum atomic E-state index is 9.26. The van der Waals surface area contributed by atoms with E-state index >= 15 is 0 Å². The fourth-order valence-corrected chi connectivity index (χ4v) is 3.04. The van der Waals surface area contributed by atoms with Crippen LogP contribution in [-0.2, 0) is 5.48 Å². The summed E-state index contributed by atoms with van der Waals surface area (Å²) in [6.07, 6.45) is 0. The van der Waals surface area contributed by atoms with Crippen LogP contribution in [0.3, 0.4) is 0 Å². The van der Waals surface area contributed by atoms with E-state index < -0.39 is 0 Å². The molecule has 0 aromatic carbocycles. The molecule has 26 heavy (non-hydrogen) atoms. The molecule has 0 aliphatic carbocycles. The average molecular weight is 512 g/mol. The monoisotopic (exact) mass is 509 g/mol.